The van der Waals surface area contributed by atoms with Gasteiger partial charge in [-0.3, -0.25) is 9.78 Å². The Labute approximate surface area is 135 Å². The van der Waals surface area contributed by atoms with Gasteiger partial charge in [0, 0.05) is 10.7 Å². The maximum Gasteiger partial charge on any atom is 0.262 e. The van der Waals surface area contributed by atoms with Crippen molar-refractivity contribution in [2.24, 2.45) is 0 Å². The van der Waals surface area contributed by atoms with Crippen molar-refractivity contribution in [3.8, 4) is 5.75 Å². The van der Waals surface area contributed by atoms with Crippen molar-refractivity contribution in [3.05, 3.63) is 51.8 Å². The molecule has 1 aromatic carbocycles. The molecule has 0 saturated heterocycles. The number of anilines is 1. The van der Waals surface area contributed by atoms with Crippen LogP contribution in [0.1, 0.15) is 22.5 Å². The summed E-state index contributed by atoms with van der Waals surface area (Å²) in [5.41, 5.74) is 4.35. The first-order valence-corrected chi connectivity index (χ1v) is 7.38. The lowest BCUT2D eigenvalue weighted by Gasteiger charge is -2.13. The van der Waals surface area contributed by atoms with Crippen LogP contribution < -0.4 is 10.1 Å². The molecule has 0 aliphatic heterocycles. The smallest absolute Gasteiger partial charge is 0.262 e. The summed E-state index contributed by atoms with van der Waals surface area (Å²) in [7, 11) is 0. The maximum atomic E-state index is 12.1. The fourth-order valence-electron chi connectivity index (χ4n) is 2.31. The van der Waals surface area contributed by atoms with E-state index in [0.717, 1.165) is 28.2 Å². The summed E-state index contributed by atoms with van der Waals surface area (Å²) in [6, 6.07) is 7.23. The van der Waals surface area contributed by atoms with E-state index in [2.05, 4.69) is 10.3 Å². The molecule has 0 aliphatic carbocycles. The molecule has 0 bridgehead atoms. The summed E-state index contributed by atoms with van der Waals surface area (Å²) in [6.45, 7) is 7.58. The highest BCUT2D eigenvalue weighted by Gasteiger charge is 2.10. The number of pyridine rings is 1. The second-order valence-corrected chi connectivity index (χ2v) is 5.72. The van der Waals surface area contributed by atoms with Crippen LogP contribution in [0.3, 0.4) is 0 Å². The number of hydrogen-bond acceptors (Lipinski definition) is 3. The van der Waals surface area contributed by atoms with Crippen molar-refractivity contribution in [1.29, 1.82) is 0 Å². The predicted molar refractivity (Wildman–Crippen MR) is 88.8 cm³/mol. The van der Waals surface area contributed by atoms with E-state index in [1.807, 2.05) is 33.8 Å². The molecular weight excluding hydrogens is 300 g/mol. The minimum atomic E-state index is -0.216. The normalized spacial score (nSPS) is 10.4. The van der Waals surface area contributed by atoms with Gasteiger partial charge in [0.2, 0.25) is 0 Å². The van der Waals surface area contributed by atoms with Gasteiger partial charge in [-0.2, -0.15) is 0 Å². The number of nitrogens with zero attached hydrogens (tertiary/aromatic N) is 1. The number of aryl methyl sites for hydroxylation is 4. The van der Waals surface area contributed by atoms with Crippen LogP contribution in [-0.2, 0) is 4.79 Å². The number of hydrogen-bond donors (Lipinski definition) is 1. The third-order valence-electron chi connectivity index (χ3n) is 3.29. The van der Waals surface area contributed by atoms with Crippen LogP contribution in [0, 0.1) is 27.7 Å². The van der Waals surface area contributed by atoms with Crippen LogP contribution in [0.15, 0.2) is 24.3 Å². The highest BCUT2D eigenvalue weighted by atomic mass is 35.5. The van der Waals surface area contributed by atoms with Gasteiger partial charge in [0.05, 0.1) is 11.4 Å². The Morgan fingerprint density at radius 2 is 1.91 bits per heavy atom. The monoisotopic (exact) mass is 318 g/mol. The molecule has 0 fully saturated rings. The minimum absolute atomic E-state index is 0.0603. The summed E-state index contributed by atoms with van der Waals surface area (Å²) in [5, 5.41) is 3.50. The minimum Gasteiger partial charge on any atom is -0.483 e. The third-order valence-corrected chi connectivity index (χ3v) is 3.52. The molecule has 5 heteroatoms. The van der Waals surface area contributed by atoms with Gasteiger partial charge in [-0.1, -0.05) is 11.6 Å². The lowest BCUT2D eigenvalue weighted by atomic mass is 10.1. The molecule has 2 rings (SSSR count). The molecule has 1 heterocycles. The van der Waals surface area contributed by atoms with Crippen LogP contribution in [0.5, 0.6) is 5.75 Å². The summed E-state index contributed by atoms with van der Waals surface area (Å²) in [6.07, 6.45) is 0. The van der Waals surface area contributed by atoms with E-state index in [1.54, 1.807) is 18.2 Å². The number of carbonyl (C=O) groups excluding carboxylic acids is 1. The third kappa shape index (κ3) is 3.98. The van der Waals surface area contributed by atoms with E-state index >= 15 is 0 Å². The van der Waals surface area contributed by atoms with E-state index in [1.165, 1.54) is 0 Å². The molecule has 1 aromatic heterocycles. The van der Waals surface area contributed by atoms with Crippen molar-refractivity contribution in [3.63, 3.8) is 0 Å². The lowest BCUT2D eigenvalue weighted by molar-refractivity contribution is -0.118. The van der Waals surface area contributed by atoms with Crippen LogP contribution in [0.2, 0.25) is 5.02 Å². The quantitative estimate of drug-likeness (QED) is 0.927. The van der Waals surface area contributed by atoms with Crippen molar-refractivity contribution in [2.45, 2.75) is 27.7 Å². The van der Waals surface area contributed by atoms with Gasteiger partial charge in [0.1, 0.15) is 5.75 Å². The Morgan fingerprint density at radius 3 is 2.55 bits per heavy atom. The Bertz CT molecular complexity index is 691. The van der Waals surface area contributed by atoms with Crippen LogP contribution in [-0.4, -0.2) is 17.5 Å². The second kappa shape index (κ2) is 6.79. The molecule has 0 radical (unpaired) electrons. The zero-order chi connectivity index (χ0) is 16.3. The first-order valence-electron chi connectivity index (χ1n) is 7.00. The van der Waals surface area contributed by atoms with Crippen LogP contribution in [0.4, 0.5) is 5.69 Å². The SMILES string of the molecule is Cc1cc(C)c(NC(=O)COc2ccc(Cl)cc2C)c(C)n1. The second-order valence-electron chi connectivity index (χ2n) is 5.29. The molecule has 0 unspecified atom stereocenters. The first kappa shape index (κ1) is 16.3. The number of nitrogens with one attached hydrogen (secondary N) is 1. The Kier molecular flexibility index (Phi) is 5.03. The van der Waals surface area contributed by atoms with Gasteiger partial charge < -0.3 is 10.1 Å². The standard InChI is InChI=1S/C17H19ClN2O2/c1-10-8-14(18)5-6-15(10)22-9-16(21)20-17-11(2)7-12(3)19-13(17)4/h5-8H,9H2,1-4H3,(H,20,21). The van der Waals surface area contributed by atoms with E-state index in [9.17, 15) is 4.79 Å². The Morgan fingerprint density at radius 1 is 1.18 bits per heavy atom. The fraction of sp³-hybridized carbons (Fsp3) is 0.294. The highest BCUT2D eigenvalue weighted by Crippen LogP contribution is 2.22. The largest absolute Gasteiger partial charge is 0.483 e. The Balaban J connectivity index is 2.02. The van der Waals surface area contributed by atoms with E-state index in [4.69, 9.17) is 16.3 Å². The average molecular weight is 319 g/mol. The predicted octanol–water partition coefficient (Wildman–Crippen LogP) is 3.99. The lowest BCUT2D eigenvalue weighted by Crippen LogP contribution is -2.21. The molecule has 0 aliphatic rings. The molecule has 0 atom stereocenters. The van der Waals surface area contributed by atoms with Gasteiger partial charge >= 0.3 is 0 Å². The average Bonchev–Trinajstić information content (AvgIpc) is 2.42. The van der Waals surface area contributed by atoms with Gasteiger partial charge in [-0.05, 0) is 63.1 Å². The van der Waals surface area contributed by atoms with E-state index in [-0.39, 0.29) is 12.5 Å². The number of amides is 1. The number of ether oxygens (including phenoxy) is 1. The topological polar surface area (TPSA) is 51.2 Å². The molecule has 4 nitrogen and oxygen atoms in total. The molecule has 1 N–H and O–H groups in total. The number of benzene rings is 1. The van der Waals surface area contributed by atoms with Gasteiger partial charge in [-0.25, -0.2) is 0 Å². The zero-order valence-electron chi connectivity index (χ0n) is 13.2. The molecule has 116 valence electrons. The first-order chi connectivity index (χ1) is 10.4. The van der Waals surface area contributed by atoms with Gasteiger partial charge in [-0.15, -0.1) is 0 Å². The van der Waals surface area contributed by atoms with Crippen molar-refractivity contribution < 1.29 is 9.53 Å². The van der Waals surface area contributed by atoms with E-state index in [0.29, 0.717) is 10.8 Å². The maximum absolute atomic E-state index is 12.1. The number of carbonyl (C=O) groups is 1. The number of rotatable bonds is 4. The summed E-state index contributed by atoms with van der Waals surface area (Å²) in [4.78, 5) is 16.4. The van der Waals surface area contributed by atoms with Gasteiger partial charge in [0.25, 0.3) is 5.91 Å². The molecule has 0 spiro atoms. The number of halogens is 1. The molecule has 0 saturated carbocycles. The molecule has 2 aromatic rings. The van der Waals surface area contributed by atoms with Crippen molar-refractivity contribution in [1.82, 2.24) is 4.98 Å². The Hall–Kier alpha value is -2.07. The summed E-state index contributed by atoms with van der Waals surface area (Å²) >= 11 is 5.89. The summed E-state index contributed by atoms with van der Waals surface area (Å²) in [5.74, 6) is 0.432. The van der Waals surface area contributed by atoms with Crippen molar-refractivity contribution in [2.75, 3.05) is 11.9 Å². The van der Waals surface area contributed by atoms with Gasteiger partial charge in [0.15, 0.2) is 6.61 Å². The fourth-order valence-corrected chi connectivity index (χ4v) is 2.53. The zero-order valence-corrected chi connectivity index (χ0v) is 13.9. The highest BCUT2D eigenvalue weighted by molar-refractivity contribution is 6.30. The van der Waals surface area contributed by atoms with Crippen molar-refractivity contribution >= 4 is 23.2 Å². The van der Waals surface area contributed by atoms with Crippen LogP contribution >= 0.6 is 11.6 Å². The van der Waals surface area contributed by atoms with E-state index < -0.39 is 0 Å². The number of aromatic nitrogens is 1. The molecular formula is C17H19ClN2O2. The molecule has 1 amide bonds. The summed E-state index contributed by atoms with van der Waals surface area (Å²) < 4.78 is 5.54. The molecule has 22 heavy (non-hydrogen) atoms. The van der Waals surface area contributed by atoms with Crippen LogP contribution in [0.25, 0.3) is 0 Å².